The normalized spacial score (nSPS) is 10.4. The van der Waals surface area contributed by atoms with Crippen molar-refractivity contribution in [2.75, 3.05) is 5.75 Å². The van der Waals surface area contributed by atoms with Crippen molar-refractivity contribution in [1.82, 2.24) is 0 Å². The molecule has 0 rings (SSSR count). The molecule has 0 radical (unpaired) electrons. The van der Waals surface area contributed by atoms with E-state index in [9.17, 15) is 0 Å². The van der Waals surface area contributed by atoms with Crippen molar-refractivity contribution in [3.05, 3.63) is 0 Å². The molecule has 0 aliphatic carbocycles. The predicted molar refractivity (Wildman–Crippen MR) is 54.8 cm³/mol. The standard InChI is InChI=1S/C10H22S/c1-2-3-4-5-6-7-8-9-10-11/h11H,2-10H2,1H3/p-1. The third-order valence-corrected chi connectivity index (χ3v) is 2.29. The van der Waals surface area contributed by atoms with Crippen LogP contribution in [0.15, 0.2) is 0 Å². The van der Waals surface area contributed by atoms with Gasteiger partial charge in [0.2, 0.25) is 0 Å². The molecule has 0 aromatic carbocycles. The largest absolute Gasteiger partial charge is 0.793 e. The Morgan fingerprint density at radius 2 is 1.18 bits per heavy atom. The summed E-state index contributed by atoms with van der Waals surface area (Å²) in [6.07, 6.45) is 11.1. The van der Waals surface area contributed by atoms with Crippen LogP contribution < -0.4 is 0 Å². The lowest BCUT2D eigenvalue weighted by atomic mass is 10.1. The summed E-state index contributed by atoms with van der Waals surface area (Å²) in [5, 5.41) is 0. The Hall–Kier alpha value is 0.350. The van der Waals surface area contributed by atoms with E-state index in [1.165, 1.54) is 51.4 Å². The van der Waals surface area contributed by atoms with Gasteiger partial charge in [-0.15, -0.1) is 0 Å². The van der Waals surface area contributed by atoms with Gasteiger partial charge in [0.1, 0.15) is 0 Å². The van der Waals surface area contributed by atoms with Crippen LogP contribution in [0.4, 0.5) is 0 Å². The molecule has 0 aromatic heterocycles. The van der Waals surface area contributed by atoms with Crippen molar-refractivity contribution in [2.45, 2.75) is 58.3 Å². The molecule has 0 N–H and O–H groups in total. The Labute approximate surface area is 77.2 Å². The van der Waals surface area contributed by atoms with Crippen LogP contribution >= 0.6 is 0 Å². The fourth-order valence-electron chi connectivity index (χ4n) is 1.24. The van der Waals surface area contributed by atoms with E-state index in [2.05, 4.69) is 6.92 Å². The fourth-order valence-corrected chi connectivity index (χ4v) is 1.44. The van der Waals surface area contributed by atoms with Crippen LogP contribution in [0.2, 0.25) is 0 Å². The van der Waals surface area contributed by atoms with Crippen molar-refractivity contribution < 1.29 is 0 Å². The molecule has 0 bridgehead atoms. The first kappa shape index (κ1) is 11.4. The maximum atomic E-state index is 4.87. The zero-order valence-corrected chi connectivity index (χ0v) is 8.59. The van der Waals surface area contributed by atoms with E-state index >= 15 is 0 Å². The van der Waals surface area contributed by atoms with E-state index in [-0.39, 0.29) is 0 Å². The smallest absolute Gasteiger partial charge is 0.0533 e. The summed E-state index contributed by atoms with van der Waals surface area (Å²) in [4.78, 5) is 0. The predicted octanol–water partition coefficient (Wildman–Crippen LogP) is 3.67. The molecule has 0 aliphatic rings. The van der Waals surface area contributed by atoms with Crippen LogP contribution in [0, 0.1) is 0 Å². The molecule has 0 aromatic rings. The molecule has 0 unspecified atom stereocenters. The molecule has 0 amide bonds. The summed E-state index contributed by atoms with van der Waals surface area (Å²) in [5.74, 6) is 0.953. The molecule has 11 heavy (non-hydrogen) atoms. The second-order valence-electron chi connectivity index (χ2n) is 3.18. The number of rotatable bonds is 8. The molecule has 0 aliphatic heterocycles. The molecule has 0 spiro atoms. The molecule has 0 atom stereocenters. The first-order valence-corrected chi connectivity index (χ1v) is 5.57. The van der Waals surface area contributed by atoms with Gasteiger partial charge in [0.05, 0.1) is 0 Å². The SMILES string of the molecule is CCCCCCCCCC[S-]. The van der Waals surface area contributed by atoms with Crippen LogP contribution in [0.5, 0.6) is 0 Å². The summed E-state index contributed by atoms with van der Waals surface area (Å²) in [5.41, 5.74) is 0. The molecular weight excluding hydrogens is 152 g/mol. The minimum atomic E-state index is 0.953. The van der Waals surface area contributed by atoms with E-state index in [1.807, 2.05) is 0 Å². The van der Waals surface area contributed by atoms with Crippen LogP contribution in [-0.4, -0.2) is 5.75 Å². The molecule has 0 saturated carbocycles. The van der Waals surface area contributed by atoms with Gasteiger partial charge in [-0.1, -0.05) is 58.3 Å². The zero-order chi connectivity index (χ0) is 8.36. The Kier molecular flexibility index (Phi) is 10.7. The molecule has 0 nitrogen and oxygen atoms in total. The topological polar surface area (TPSA) is 0 Å². The van der Waals surface area contributed by atoms with Gasteiger partial charge in [0.25, 0.3) is 0 Å². The maximum absolute atomic E-state index is 4.87. The third-order valence-electron chi connectivity index (χ3n) is 2.00. The Morgan fingerprint density at radius 3 is 1.64 bits per heavy atom. The van der Waals surface area contributed by atoms with Crippen molar-refractivity contribution in [1.29, 1.82) is 0 Å². The van der Waals surface area contributed by atoms with Crippen molar-refractivity contribution in [2.24, 2.45) is 0 Å². The minimum Gasteiger partial charge on any atom is -0.793 e. The minimum absolute atomic E-state index is 0.953. The number of hydrogen-bond donors (Lipinski definition) is 0. The second kappa shape index (κ2) is 10.3. The van der Waals surface area contributed by atoms with E-state index in [4.69, 9.17) is 12.6 Å². The highest BCUT2D eigenvalue weighted by atomic mass is 32.1. The van der Waals surface area contributed by atoms with E-state index in [1.54, 1.807) is 0 Å². The highest BCUT2D eigenvalue weighted by Gasteiger charge is 1.87. The quantitative estimate of drug-likeness (QED) is 0.398. The highest BCUT2D eigenvalue weighted by Crippen LogP contribution is 2.07. The fraction of sp³-hybridized carbons (Fsp3) is 1.00. The Balaban J connectivity index is 2.69. The van der Waals surface area contributed by atoms with Crippen LogP contribution in [-0.2, 0) is 12.6 Å². The third kappa shape index (κ3) is 10.4. The average molecular weight is 173 g/mol. The summed E-state index contributed by atoms with van der Waals surface area (Å²) >= 11 is 4.87. The van der Waals surface area contributed by atoms with Gasteiger partial charge < -0.3 is 12.6 Å². The maximum Gasteiger partial charge on any atom is -0.0533 e. The molecule has 0 saturated heterocycles. The second-order valence-corrected chi connectivity index (χ2v) is 3.59. The van der Waals surface area contributed by atoms with Gasteiger partial charge in [-0.25, -0.2) is 0 Å². The number of hydrogen-bond acceptors (Lipinski definition) is 1. The zero-order valence-electron chi connectivity index (χ0n) is 7.77. The lowest BCUT2D eigenvalue weighted by Crippen LogP contribution is -1.82. The first-order valence-electron chi connectivity index (χ1n) is 5.00. The van der Waals surface area contributed by atoms with Crippen LogP contribution in [0.3, 0.4) is 0 Å². The first-order chi connectivity index (χ1) is 5.41. The molecule has 0 fully saturated rings. The van der Waals surface area contributed by atoms with Crippen LogP contribution in [0.25, 0.3) is 0 Å². The van der Waals surface area contributed by atoms with Crippen LogP contribution in [0.1, 0.15) is 58.3 Å². The molecule has 0 heterocycles. The van der Waals surface area contributed by atoms with Gasteiger partial charge in [0, 0.05) is 0 Å². The Morgan fingerprint density at radius 1 is 0.727 bits per heavy atom. The van der Waals surface area contributed by atoms with Crippen molar-refractivity contribution in [3.8, 4) is 0 Å². The summed E-state index contributed by atoms with van der Waals surface area (Å²) < 4.78 is 0. The Bertz CT molecular complexity index is 53.9. The van der Waals surface area contributed by atoms with Gasteiger partial charge in [-0.3, -0.25) is 0 Å². The highest BCUT2D eigenvalue weighted by molar-refractivity contribution is 7.58. The lowest BCUT2D eigenvalue weighted by Gasteiger charge is -2.02. The van der Waals surface area contributed by atoms with Crippen molar-refractivity contribution >= 4 is 12.6 Å². The number of unbranched alkanes of at least 4 members (excludes halogenated alkanes) is 7. The van der Waals surface area contributed by atoms with Gasteiger partial charge >= 0.3 is 0 Å². The van der Waals surface area contributed by atoms with E-state index in [0.29, 0.717) is 0 Å². The van der Waals surface area contributed by atoms with Gasteiger partial charge in [0.15, 0.2) is 0 Å². The van der Waals surface area contributed by atoms with Gasteiger partial charge in [-0.2, -0.15) is 5.75 Å². The monoisotopic (exact) mass is 173 g/mol. The molecule has 68 valence electrons. The molecular formula is C10H21S-. The van der Waals surface area contributed by atoms with E-state index in [0.717, 1.165) is 5.75 Å². The van der Waals surface area contributed by atoms with Crippen molar-refractivity contribution in [3.63, 3.8) is 0 Å². The van der Waals surface area contributed by atoms with E-state index < -0.39 is 0 Å². The summed E-state index contributed by atoms with van der Waals surface area (Å²) in [7, 11) is 0. The van der Waals surface area contributed by atoms with Gasteiger partial charge in [-0.05, 0) is 0 Å². The lowest BCUT2D eigenvalue weighted by molar-refractivity contribution is 0.586. The molecule has 1 heteroatoms. The summed E-state index contributed by atoms with van der Waals surface area (Å²) in [6.45, 7) is 2.26. The average Bonchev–Trinajstić information content (AvgIpc) is 2.03. The summed E-state index contributed by atoms with van der Waals surface area (Å²) in [6, 6.07) is 0.